The van der Waals surface area contributed by atoms with Crippen LogP contribution in [0, 0.1) is 12.7 Å². The highest BCUT2D eigenvalue weighted by molar-refractivity contribution is 7.97. The van der Waals surface area contributed by atoms with Gasteiger partial charge in [0.15, 0.2) is 11.5 Å². The van der Waals surface area contributed by atoms with Crippen molar-refractivity contribution in [1.29, 1.82) is 0 Å². The number of nitrogen functional groups attached to an aromatic ring is 1. The van der Waals surface area contributed by atoms with Gasteiger partial charge in [0.1, 0.15) is 5.82 Å². The van der Waals surface area contributed by atoms with Gasteiger partial charge in [-0.2, -0.15) is 0 Å². The predicted molar refractivity (Wildman–Crippen MR) is 106 cm³/mol. The van der Waals surface area contributed by atoms with E-state index in [0.717, 1.165) is 23.1 Å². The first-order chi connectivity index (χ1) is 13.0. The van der Waals surface area contributed by atoms with Crippen LogP contribution in [0.25, 0.3) is 11.3 Å². The molecule has 1 amide bonds. The predicted octanol–water partition coefficient (Wildman–Crippen LogP) is 3.65. The lowest BCUT2D eigenvalue weighted by Gasteiger charge is -2.09. The summed E-state index contributed by atoms with van der Waals surface area (Å²) in [6.45, 7) is 1.98. The number of carbonyl (C=O) groups excluding carboxylic acids is 1. The fourth-order valence-corrected chi connectivity index (χ4v) is 2.90. The highest BCUT2D eigenvalue weighted by Crippen LogP contribution is 2.23. The zero-order valence-electron chi connectivity index (χ0n) is 14.8. The van der Waals surface area contributed by atoms with E-state index in [9.17, 15) is 9.18 Å². The number of halogens is 1. The van der Waals surface area contributed by atoms with E-state index in [1.165, 1.54) is 12.3 Å². The van der Waals surface area contributed by atoms with Gasteiger partial charge in [-0.05, 0) is 44.1 Å². The monoisotopic (exact) mass is 383 g/mol. The number of amides is 1. The molecule has 0 aliphatic carbocycles. The Hall–Kier alpha value is -2.97. The normalized spacial score (nSPS) is 10.6. The molecule has 0 unspecified atom stereocenters. The molecule has 138 valence electrons. The molecule has 0 atom stereocenters. The van der Waals surface area contributed by atoms with Gasteiger partial charge in [0.05, 0.1) is 16.8 Å². The molecule has 4 N–H and O–H groups in total. The van der Waals surface area contributed by atoms with Crippen molar-refractivity contribution in [3.05, 3.63) is 65.7 Å². The van der Waals surface area contributed by atoms with Gasteiger partial charge in [0.25, 0.3) is 5.91 Å². The van der Waals surface area contributed by atoms with E-state index in [-0.39, 0.29) is 11.5 Å². The molecule has 1 heterocycles. The van der Waals surface area contributed by atoms with Gasteiger partial charge in [-0.25, -0.2) is 14.4 Å². The molecule has 27 heavy (non-hydrogen) atoms. The summed E-state index contributed by atoms with van der Waals surface area (Å²) in [6.07, 6.45) is 1.51. The second-order valence-electron chi connectivity index (χ2n) is 5.76. The Morgan fingerprint density at radius 3 is 2.59 bits per heavy atom. The van der Waals surface area contributed by atoms with E-state index < -0.39 is 11.7 Å². The molecule has 6 nitrogen and oxygen atoms in total. The van der Waals surface area contributed by atoms with Gasteiger partial charge in [-0.15, -0.1) is 0 Å². The van der Waals surface area contributed by atoms with E-state index in [1.54, 1.807) is 19.2 Å². The van der Waals surface area contributed by atoms with Gasteiger partial charge >= 0.3 is 0 Å². The number of rotatable bonds is 5. The summed E-state index contributed by atoms with van der Waals surface area (Å²) in [7, 11) is 1.70. The molecule has 3 aromatic rings. The number of hydrogen-bond acceptors (Lipinski definition) is 6. The van der Waals surface area contributed by atoms with E-state index in [1.807, 2.05) is 31.2 Å². The summed E-state index contributed by atoms with van der Waals surface area (Å²) in [5.74, 6) is -0.992. The molecule has 0 aliphatic rings. The van der Waals surface area contributed by atoms with Gasteiger partial charge < -0.3 is 11.1 Å². The lowest BCUT2D eigenvalue weighted by Crippen LogP contribution is -2.17. The standard InChI is InChI=1S/C19H18FN5OS/c1-11-3-5-12(6-4-11)15-10-23-18(21)17(25-15)19(26)24-13-7-8-16(27-22-2)14(20)9-13/h3-10,22H,1-2H3,(H2,21,23)(H,24,26). The Balaban J connectivity index is 1.85. The molecule has 0 saturated carbocycles. The first-order valence-electron chi connectivity index (χ1n) is 8.12. The summed E-state index contributed by atoms with van der Waals surface area (Å²) in [4.78, 5) is 21.4. The summed E-state index contributed by atoms with van der Waals surface area (Å²) in [5, 5.41) is 2.61. The van der Waals surface area contributed by atoms with Crippen molar-refractivity contribution >= 4 is 29.4 Å². The van der Waals surface area contributed by atoms with Crippen molar-refractivity contribution in [3.8, 4) is 11.3 Å². The molecule has 0 fully saturated rings. The van der Waals surface area contributed by atoms with Crippen LogP contribution in [0.1, 0.15) is 16.1 Å². The molecule has 1 aromatic heterocycles. The fourth-order valence-electron chi connectivity index (χ4n) is 2.39. The third kappa shape index (κ3) is 4.42. The number of aryl methyl sites for hydroxylation is 1. The third-order valence-electron chi connectivity index (χ3n) is 3.76. The Labute approximate surface area is 160 Å². The Morgan fingerprint density at radius 2 is 1.93 bits per heavy atom. The van der Waals surface area contributed by atoms with E-state index in [0.29, 0.717) is 16.3 Å². The van der Waals surface area contributed by atoms with Crippen molar-refractivity contribution in [2.45, 2.75) is 11.8 Å². The summed E-state index contributed by atoms with van der Waals surface area (Å²) in [5.41, 5.74) is 8.58. The fraction of sp³-hybridized carbons (Fsp3) is 0.105. The minimum absolute atomic E-state index is 0.00573. The van der Waals surface area contributed by atoms with Crippen LogP contribution in [-0.4, -0.2) is 22.9 Å². The summed E-state index contributed by atoms with van der Waals surface area (Å²) >= 11 is 1.15. The topological polar surface area (TPSA) is 92.9 Å². The van der Waals surface area contributed by atoms with Crippen LogP contribution >= 0.6 is 11.9 Å². The first-order valence-corrected chi connectivity index (χ1v) is 8.93. The van der Waals surface area contributed by atoms with Crippen LogP contribution in [0.15, 0.2) is 53.6 Å². The zero-order valence-corrected chi connectivity index (χ0v) is 15.6. The highest BCUT2D eigenvalue weighted by Gasteiger charge is 2.16. The summed E-state index contributed by atoms with van der Waals surface area (Å²) < 4.78 is 16.8. The maximum atomic E-state index is 14.0. The molecular weight excluding hydrogens is 365 g/mol. The molecule has 2 aromatic carbocycles. The highest BCUT2D eigenvalue weighted by atomic mass is 32.2. The average Bonchev–Trinajstić information content (AvgIpc) is 2.65. The molecule has 0 bridgehead atoms. The number of anilines is 2. The van der Waals surface area contributed by atoms with Crippen LogP contribution in [0.3, 0.4) is 0 Å². The molecular formula is C19H18FN5OS. The maximum absolute atomic E-state index is 14.0. The summed E-state index contributed by atoms with van der Waals surface area (Å²) in [6, 6.07) is 12.1. The van der Waals surface area contributed by atoms with Crippen LogP contribution in [0.2, 0.25) is 0 Å². The molecule has 0 spiro atoms. The molecule has 8 heteroatoms. The quantitative estimate of drug-likeness (QED) is 0.583. The Morgan fingerprint density at radius 1 is 1.19 bits per heavy atom. The average molecular weight is 383 g/mol. The number of nitrogens with zero attached hydrogens (tertiary/aromatic N) is 2. The van der Waals surface area contributed by atoms with Crippen LogP contribution in [0.4, 0.5) is 15.9 Å². The third-order valence-corrected chi connectivity index (χ3v) is 4.52. The van der Waals surface area contributed by atoms with Crippen molar-refractivity contribution < 1.29 is 9.18 Å². The van der Waals surface area contributed by atoms with E-state index in [2.05, 4.69) is 20.0 Å². The van der Waals surface area contributed by atoms with Crippen LogP contribution in [-0.2, 0) is 0 Å². The zero-order chi connectivity index (χ0) is 19.4. The van der Waals surface area contributed by atoms with Crippen molar-refractivity contribution in [3.63, 3.8) is 0 Å². The number of carbonyl (C=O) groups is 1. The lowest BCUT2D eigenvalue weighted by atomic mass is 10.1. The Bertz CT molecular complexity index is 978. The number of benzene rings is 2. The minimum atomic E-state index is -0.553. The van der Waals surface area contributed by atoms with Crippen molar-refractivity contribution in [2.24, 2.45) is 0 Å². The van der Waals surface area contributed by atoms with E-state index >= 15 is 0 Å². The van der Waals surface area contributed by atoms with E-state index in [4.69, 9.17) is 5.73 Å². The van der Waals surface area contributed by atoms with Gasteiger partial charge in [0.2, 0.25) is 0 Å². The minimum Gasteiger partial charge on any atom is -0.382 e. The first kappa shape index (κ1) is 18.8. The van der Waals surface area contributed by atoms with Crippen LogP contribution in [0.5, 0.6) is 0 Å². The molecule has 3 rings (SSSR count). The number of aromatic nitrogens is 2. The molecule has 0 aliphatic heterocycles. The lowest BCUT2D eigenvalue weighted by molar-refractivity contribution is 0.102. The number of nitrogens with two attached hydrogens (primary N) is 1. The number of nitrogens with one attached hydrogen (secondary N) is 2. The largest absolute Gasteiger partial charge is 0.382 e. The number of hydrogen-bond donors (Lipinski definition) is 3. The smallest absolute Gasteiger partial charge is 0.278 e. The van der Waals surface area contributed by atoms with Crippen LogP contribution < -0.4 is 15.8 Å². The molecule has 0 radical (unpaired) electrons. The second kappa shape index (κ2) is 8.15. The maximum Gasteiger partial charge on any atom is 0.278 e. The molecule has 0 saturated heterocycles. The second-order valence-corrected chi connectivity index (χ2v) is 6.81. The Kier molecular flexibility index (Phi) is 5.68. The SMILES string of the molecule is CNSc1ccc(NC(=O)c2nc(-c3ccc(C)cc3)cnc2N)cc1F. The van der Waals surface area contributed by atoms with Gasteiger partial charge in [-0.3, -0.25) is 9.52 Å². The van der Waals surface area contributed by atoms with Crippen molar-refractivity contribution in [1.82, 2.24) is 14.7 Å². The van der Waals surface area contributed by atoms with Crippen molar-refractivity contribution in [2.75, 3.05) is 18.1 Å². The van der Waals surface area contributed by atoms with Gasteiger partial charge in [0, 0.05) is 11.3 Å². The van der Waals surface area contributed by atoms with Gasteiger partial charge in [-0.1, -0.05) is 29.8 Å².